The Morgan fingerprint density at radius 1 is 1.54 bits per heavy atom. The number of carbonyl (C=O) groups excluding carboxylic acids is 1. The summed E-state index contributed by atoms with van der Waals surface area (Å²) in [7, 11) is 0. The number of hydrogen-bond donors (Lipinski definition) is 1. The highest BCUT2D eigenvalue weighted by molar-refractivity contribution is 5.70. The molecule has 1 rings (SSSR count). The van der Waals surface area contributed by atoms with Gasteiger partial charge in [-0.3, -0.25) is 4.79 Å². The van der Waals surface area contributed by atoms with E-state index in [-0.39, 0.29) is 12.4 Å². The van der Waals surface area contributed by atoms with Crippen molar-refractivity contribution >= 4 is 5.97 Å². The van der Waals surface area contributed by atoms with E-state index in [4.69, 9.17) is 4.74 Å². The quantitative estimate of drug-likeness (QED) is 0.679. The molecule has 76 valence electrons. The third-order valence-electron chi connectivity index (χ3n) is 1.96. The highest BCUT2D eigenvalue weighted by Crippen LogP contribution is 2.34. The van der Waals surface area contributed by atoms with Gasteiger partial charge in [0.05, 0.1) is 12.5 Å². The zero-order valence-corrected chi connectivity index (χ0v) is 8.54. The summed E-state index contributed by atoms with van der Waals surface area (Å²) in [5.74, 6) is 0.0411. The number of aliphatic hydroxyl groups excluding tert-OH is 1. The number of esters is 1. The van der Waals surface area contributed by atoms with Crippen LogP contribution < -0.4 is 0 Å². The number of aliphatic hydroxyl groups is 1. The Bertz CT molecular complexity index is 189. The van der Waals surface area contributed by atoms with Crippen LogP contribution in [0.15, 0.2) is 0 Å². The van der Waals surface area contributed by atoms with E-state index in [0.29, 0.717) is 5.92 Å². The molecular weight excluding hydrogens is 168 g/mol. The molecule has 0 aromatic rings. The molecule has 1 aliphatic rings. The van der Waals surface area contributed by atoms with Gasteiger partial charge in [-0.25, -0.2) is 0 Å². The average molecular weight is 186 g/mol. The van der Waals surface area contributed by atoms with Gasteiger partial charge in [0.2, 0.25) is 0 Å². The van der Waals surface area contributed by atoms with Gasteiger partial charge in [0, 0.05) is 0 Å². The van der Waals surface area contributed by atoms with Crippen LogP contribution in [0.5, 0.6) is 0 Å². The molecule has 0 spiro atoms. The standard InChI is InChI=1S/C10H18O3/c1-10(2,3)13-9(12)6-8(11)7-4-5-7/h7-8,11H,4-6H2,1-3H3. The van der Waals surface area contributed by atoms with E-state index in [2.05, 4.69) is 0 Å². The number of carbonyl (C=O) groups is 1. The summed E-state index contributed by atoms with van der Waals surface area (Å²) in [6, 6.07) is 0. The lowest BCUT2D eigenvalue weighted by atomic mass is 10.1. The van der Waals surface area contributed by atoms with Crippen LogP contribution in [0.4, 0.5) is 0 Å². The second-order valence-corrected chi connectivity index (χ2v) is 4.70. The van der Waals surface area contributed by atoms with Crippen molar-refractivity contribution in [2.24, 2.45) is 5.92 Å². The number of rotatable bonds is 3. The molecule has 1 N–H and O–H groups in total. The summed E-state index contributed by atoms with van der Waals surface area (Å²) in [5.41, 5.74) is -0.444. The molecule has 0 heterocycles. The SMILES string of the molecule is CC(C)(C)OC(=O)CC(O)C1CC1. The van der Waals surface area contributed by atoms with E-state index in [0.717, 1.165) is 12.8 Å². The summed E-state index contributed by atoms with van der Waals surface area (Å²) in [5, 5.41) is 9.46. The van der Waals surface area contributed by atoms with Crippen molar-refractivity contribution < 1.29 is 14.6 Å². The molecule has 1 aliphatic carbocycles. The van der Waals surface area contributed by atoms with Gasteiger partial charge in [0.1, 0.15) is 5.60 Å². The Kier molecular flexibility index (Phi) is 2.96. The lowest BCUT2D eigenvalue weighted by Gasteiger charge is -2.20. The maximum atomic E-state index is 11.2. The largest absolute Gasteiger partial charge is 0.460 e. The third kappa shape index (κ3) is 4.27. The smallest absolute Gasteiger partial charge is 0.308 e. The second kappa shape index (κ2) is 3.66. The molecule has 1 atom stereocenters. The summed E-state index contributed by atoms with van der Waals surface area (Å²) in [6.45, 7) is 5.48. The highest BCUT2D eigenvalue weighted by Gasteiger charge is 2.32. The molecular formula is C10H18O3. The minimum atomic E-state index is -0.491. The normalized spacial score (nSPS) is 19.7. The molecule has 3 nitrogen and oxygen atoms in total. The van der Waals surface area contributed by atoms with Crippen molar-refractivity contribution in [1.82, 2.24) is 0 Å². The van der Waals surface area contributed by atoms with Crippen molar-refractivity contribution in [3.8, 4) is 0 Å². The Hall–Kier alpha value is -0.570. The molecule has 13 heavy (non-hydrogen) atoms. The molecule has 0 bridgehead atoms. The maximum Gasteiger partial charge on any atom is 0.308 e. The molecule has 0 saturated heterocycles. The van der Waals surface area contributed by atoms with Crippen LogP contribution in [0.2, 0.25) is 0 Å². The van der Waals surface area contributed by atoms with Crippen LogP contribution in [0.25, 0.3) is 0 Å². The van der Waals surface area contributed by atoms with Crippen LogP contribution in [0, 0.1) is 5.92 Å². The third-order valence-corrected chi connectivity index (χ3v) is 1.96. The van der Waals surface area contributed by atoms with E-state index in [1.165, 1.54) is 0 Å². The minimum Gasteiger partial charge on any atom is -0.460 e. The predicted octanol–water partition coefficient (Wildman–Crippen LogP) is 1.49. The van der Waals surface area contributed by atoms with Gasteiger partial charge in [0.25, 0.3) is 0 Å². The lowest BCUT2D eigenvalue weighted by Crippen LogP contribution is -2.27. The Morgan fingerprint density at radius 3 is 2.46 bits per heavy atom. The fourth-order valence-corrected chi connectivity index (χ4v) is 1.20. The fraction of sp³-hybridized carbons (Fsp3) is 0.900. The van der Waals surface area contributed by atoms with Crippen LogP contribution in [0.3, 0.4) is 0 Å². The first-order valence-corrected chi connectivity index (χ1v) is 4.78. The molecule has 1 saturated carbocycles. The minimum absolute atomic E-state index is 0.141. The van der Waals surface area contributed by atoms with E-state index >= 15 is 0 Å². The highest BCUT2D eigenvalue weighted by atomic mass is 16.6. The fourth-order valence-electron chi connectivity index (χ4n) is 1.20. The summed E-state index contributed by atoms with van der Waals surface area (Å²) in [4.78, 5) is 11.2. The van der Waals surface area contributed by atoms with Crippen molar-refractivity contribution in [2.75, 3.05) is 0 Å². The number of ether oxygens (including phenoxy) is 1. The van der Waals surface area contributed by atoms with E-state index in [9.17, 15) is 9.90 Å². The van der Waals surface area contributed by atoms with Gasteiger partial charge >= 0.3 is 5.97 Å². The van der Waals surface area contributed by atoms with Crippen molar-refractivity contribution in [3.05, 3.63) is 0 Å². The second-order valence-electron chi connectivity index (χ2n) is 4.70. The zero-order valence-electron chi connectivity index (χ0n) is 8.54. The zero-order chi connectivity index (χ0) is 10.1. The van der Waals surface area contributed by atoms with Gasteiger partial charge in [0.15, 0.2) is 0 Å². The molecule has 3 heteroatoms. The molecule has 0 amide bonds. The van der Waals surface area contributed by atoms with Crippen LogP contribution in [0.1, 0.15) is 40.0 Å². The molecule has 0 aliphatic heterocycles. The molecule has 0 radical (unpaired) electrons. The van der Waals surface area contributed by atoms with Gasteiger partial charge in [-0.05, 0) is 39.5 Å². The Balaban J connectivity index is 2.24. The van der Waals surface area contributed by atoms with Gasteiger partial charge in [-0.2, -0.15) is 0 Å². The number of hydrogen-bond acceptors (Lipinski definition) is 3. The average Bonchev–Trinajstić information content (AvgIpc) is 2.60. The summed E-state index contributed by atoms with van der Waals surface area (Å²) < 4.78 is 5.09. The summed E-state index contributed by atoms with van der Waals surface area (Å²) >= 11 is 0. The van der Waals surface area contributed by atoms with E-state index < -0.39 is 11.7 Å². The maximum absolute atomic E-state index is 11.2. The van der Waals surface area contributed by atoms with Crippen molar-refractivity contribution in [3.63, 3.8) is 0 Å². The molecule has 1 fully saturated rings. The topological polar surface area (TPSA) is 46.5 Å². The lowest BCUT2D eigenvalue weighted by molar-refractivity contribution is -0.157. The first-order chi connectivity index (χ1) is 5.88. The molecule has 1 unspecified atom stereocenters. The Labute approximate surface area is 79.1 Å². The van der Waals surface area contributed by atoms with Crippen LogP contribution in [-0.4, -0.2) is 22.8 Å². The van der Waals surface area contributed by atoms with Gasteiger partial charge in [-0.1, -0.05) is 0 Å². The first-order valence-electron chi connectivity index (χ1n) is 4.78. The van der Waals surface area contributed by atoms with E-state index in [1.54, 1.807) is 0 Å². The van der Waals surface area contributed by atoms with Gasteiger partial charge < -0.3 is 9.84 Å². The molecule has 0 aromatic carbocycles. The van der Waals surface area contributed by atoms with Crippen molar-refractivity contribution in [2.45, 2.75) is 51.7 Å². The van der Waals surface area contributed by atoms with E-state index in [1.807, 2.05) is 20.8 Å². The first kappa shape index (κ1) is 10.5. The monoisotopic (exact) mass is 186 g/mol. The predicted molar refractivity (Wildman–Crippen MR) is 49.2 cm³/mol. The van der Waals surface area contributed by atoms with Crippen LogP contribution in [-0.2, 0) is 9.53 Å². The Morgan fingerprint density at radius 2 is 2.08 bits per heavy atom. The molecule has 0 aromatic heterocycles. The summed E-state index contributed by atoms with van der Waals surface area (Å²) in [6.07, 6.45) is 1.74. The van der Waals surface area contributed by atoms with Crippen molar-refractivity contribution in [1.29, 1.82) is 0 Å². The van der Waals surface area contributed by atoms with Gasteiger partial charge in [-0.15, -0.1) is 0 Å². The van der Waals surface area contributed by atoms with Crippen LogP contribution >= 0.6 is 0 Å².